The third kappa shape index (κ3) is 2.53. The third-order valence-corrected chi connectivity index (χ3v) is 4.22. The molecule has 1 fully saturated rings. The Hall–Kier alpha value is -0.860. The Kier molecular flexibility index (Phi) is 3.85. The lowest BCUT2D eigenvalue weighted by Crippen LogP contribution is -2.47. The second-order valence-electron chi connectivity index (χ2n) is 5.30. The molecule has 0 aliphatic heterocycles. The van der Waals surface area contributed by atoms with Crippen LogP contribution in [0.2, 0.25) is 0 Å². The average molecular weight is 233 g/mol. The van der Waals surface area contributed by atoms with Gasteiger partial charge in [0, 0.05) is 12.0 Å². The lowest BCUT2D eigenvalue weighted by atomic mass is 9.71. The van der Waals surface area contributed by atoms with Crippen molar-refractivity contribution in [1.29, 1.82) is 0 Å². The van der Waals surface area contributed by atoms with E-state index in [0.29, 0.717) is 12.0 Å². The molecule has 2 rings (SSSR count). The van der Waals surface area contributed by atoms with Crippen LogP contribution in [-0.4, -0.2) is 18.2 Å². The molecule has 2 nitrogen and oxygen atoms in total. The van der Waals surface area contributed by atoms with Crippen LogP contribution in [0.4, 0.5) is 0 Å². The van der Waals surface area contributed by atoms with E-state index in [4.69, 9.17) is 0 Å². The van der Waals surface area contributed by atoms with Gasteiger partial charge in [0.05, 0.1) is 5.60 Å². The average Bonchev–Trinajstić information content (AvgIpc) is 2.39. The zero-order valence-corrected chi connectivity index (χ0v) is 10.8. The van der Waals surface area contributed by atoms with Crippen LogP contribution in [0.1, 0.15) is 38.2 Å². The number of benzene rings is 1. The number of nitrogens with one attached hydrogen (secondary N) is 1. The van der Waals surface area contributed by atoms with E-state index >= 15 is 0 Å². The molecule has 3 atom stereocenters. The second kappa shape index (κ2) is 5.19. The molecular formula is C15H23NO. The largest absolute Gasteiger partial charge is 0.385 e. The molecule has 2 heteroatoms. The Labute approximate surface area is 104 Å². The molecule has 0 radical (unpaired) electrons. The van der Waals surface area contributed by atoms with E-state index in [2.05, 4.69) is 5.32 Å². The predicted octanol–water partition coefficient (Wildman–Crippen LogP) is 2.67. The fraction of sp³-hybridized carbons (Fsp3) is 0.600. The van der Waals surface area contributed by atoms with Crippen LogP contribution in [0.15, 0.2) is 30.3 Å². The first-order valence-corrected chi connectivity index (χ1v) is 6.61. The van der Waals surface area contributed by atoms with E-state index in [1.807, 2.05) is 44.3 Å². The molecule has 0 bridgehead atoms. The SMILES string of the molecule is CN[C@H]1CCCC[C@H]1[C@](C)(O)c1ccccc1. The Bertz CT molecular complexity index is 347. The minimum Gasteiger partial charge on any atom is -0.385 e. The monoisotopic (exact) mass is 233 g/mol. The standard InChI is InChI=1S/C15H23NO/c1-15(17,12-8-4-3-5-9-12)13-10-6-7-11-14(13)16-2/h3-5,8-9,13-14,16-17H,6-7,10-11H2,1-2H3/t13-,14+,15-/m1/s1. The number of hydrogen-bond donors (Lipinski definition) is 2. The summed E-state index contributed by atoms with van der Waals surface area (Å²) in [5, 5.41) is 14.2. The molecular weight excluding hydrogens is 210 g/mol. The number of aliphatic hydroxyl groups is 1. The zero-order valence-electron chi connectivity index (χ0n) is 10.8. The summed E-state index contributed by atoms with van der Waals surface area (Å²) < 4.78 is 0. The summed E-state index contributed by atoms with van der Waals surface area (Å²) in [6.07, 6.45) is 4.77. The van der Waals surface area contributed by atoms with Gasteiger partial charge in [-0.05, 0) is 32.4 Å². The molecule has 1 aliphatic carbocycles. The predicted molar refractivity (Wildman–Crippen MR) is 70.8 cm³/mol. The molecule has 1 aliphatic rings. The fourth-order valence-electron chi connectivity index (χ4n) is 3.14. The second-order valence-corrected chi connectivity index (χ2v) is 5.30. The molecule has 94 valence electrons. The van der Waals surface area contributed by atoms with Gasteiger partial charge in [-0.1, -0.05) is 43.2 Å². The molecule has 1 saturated carbocycles. The molecule has 0 saturated heterocycles. The molecule has 0 spiro atoms. The molecule has 17 heavy (non-hydrogen) atoms. The molecule has 0 unspecified atom stereocenters. The van der Waals surface area contributed by atoms with Gasteiger partial charge in [-0.2, -0.15) is 0 Å². The van der Waals surface area contributed by atoms with Crippen LogP contribution < -0.4 is 5.32 Å². The minimum atomic E-state index is -0.727. The molecule has 0 aromatic heterocycles. The van der Waals surface area contributed by atoms with Crippen molar-refractivity contribution in [1.82, 2.24) is 5.32 Å². The van der Waals surface area contributed by atoms with Crippen LogP contribution in [0, 0.1) is 5.92 Å². The summed E-state index contributed by atoms with van der Waals surface area (Å²) in [4.78, 5) is 0. The number of hydrogen-bond acceptors (Lipinski definition) is 2. The van der Waals surface area contributed by atoms with E-state index in [0.717, 1.165) is 12.0 Å². The summed E-state index contributed by atoms with van der Waals surface area (Å²) in [6, 6.07) is 10.5. The Morgan fingerprint density at radius 3 is 2.47 bits per heavy atom. The van der Waals surface area contributed by atoms with Crippen molar-refractivity contribution in [2.75, 3.05) is 7.05 Å². The summed E-state index contributed by atoms with van der Waals surface area (Å²) in [5.41, 5.74) is 0.308. The van der Waals surface area contributed by atoms with Gasteiger partial charge in [0.15, 0.2) is 0 Å². The van der Waals surface area contributed by atoms with E-state index < -0.39 is 5.60 Å². The summed E-state index contributed by atoms with van der Waals surface area (Å²) in [7, 11) is 2.00. The lowest BCUT2D eigenvalue weighted by Gasteiger charge is -2.41. The van der Waals surface area contributed by atoms with Gasteiger partial charge in [0.25, 0.3) is 0 Å². The van der Waals surface area contributed by atoms with Gasteiger partial charge in [-0.15, -0.1) is 0 Å². The quantitative estimate of drug-likeness (QED) is 0.841. The van der Waals surface area contributed by atoms with Crippen LogP contribution >= 0.6 is 0 Å². The van der Waals surface area contributed by atoms with Crippen molar-refractivity contribution in [2.45, 2.75) is 44.2 Å². The van der Waals surface area contributed by atoms with E-state index in [1.165, 1.54) is 19.3 Å². The maximum atomic E-state index is 10.9. The van der Waals surface area contributed by atoms with Crippen LogP contribution in [-0.2, 0) is 5.60 Å². The highest BCUT2D eigenvalue weighted by molar-refractivity contribution is 5.23. The maximum Gasteiger partial charge on any atom is 0.0911 e. The smallest absolute Gasteiger partial charge is 0.0911 e. The minimum absolute atomic E-state index is 0.309. The summed E-state index contributed by atoms with van der Waals surface area (Å²) >= 11 is 0. The highest BCUT2D eigenvalue weighted by Gasteiger charge is 2.39. The normalized spacial score (nSPS) is 28.6. The fourth-order valence-corrected chi connectivity index (χ4v) is 3.14. The van der Waals surface area contributed by atoms with Crippen molar-refractivity contribution in [3.8, 4) is 0 Å². The van der Waals surface area contributed by atoms with E-state index in [-0.39, 0.29) is 0 Å². The van der Waals surface area contributed by atoms with Gasteiger partial charge in [0.2, 0.25) is 0 Å². The first kappa shape index (κ1) is 12.6. The Balaban J connectivity index is 2.24. The van der Waals surface area contributed by atoms with E-state index in [9.17, 15) is 5.11 Å². The van der Waals surface area contributed by atoms with Crippen LogP contribution in [0.5, 0.6) is 0 Å². The van der Waals surface area contributed by atoms with Crippen molar-refractivity contribution >= 4 is 0 Å². The third-order valence-electron chi connectivity index (χ3n) is 4.22. The van der Waals surface area contributed by atoms with Gasteiger partial charge < -0.3 is 10.4 Å². The van der Waals surface area contributed by atoms with Gasteiger partial charge >= 0.3 is 0 Å². The molecule has 2 N–H and O–H groups in total. The molecule has 1 aromatic rings. The van der Waals surface area contributed by atoms with E-state index in [1.54, 1.807) is 0 Å². The first-order valence-electron chi connectivity index (χ1n) is 6.61. The highest BCUT2D eigenvalue weighted by atomic mass is 16.3. The van der Waals surface area contributed by atoms with Crippen molar-refractivity contribution in [2.24, 2.45) is 5.92 Å². The Morgan fingerprint density at radius 2 is 1.82 bits per heavy atom. The van der Waals surface area contributed by atoms with Crippen LogP contribution in [0.25, 0.3) is 0 Å². The molecule has 0 heterocycles. The lowest BCUT2D eigenvalue weighted by molar-refractivity contribution is -0.0351. The van der Waals surface area contributed by atoms with Crippen molar-refractivity contribution in [3.63, 3.8) is 0 Å². The summed E-state index contributed by atoms with van der Waals surface area (Å²) in [6.45, 7) is 1.96. The zero-order chi connectivity index (χ0) is 12.3. The van der Waals surface area contributed by atoms with Crippen molar-refractivity contribution < 1.29 is 5.11 Å². The van der Waals surface area contributed by atoms with Crippen molar-refractivity contribution in [3.05, 3.63) is 35.9 Å². The Morgan fingerprint density at radius 1 is 1.18 bits per heavy atom. The first-order chi connectivity index (χ1) is 8.16. The molecule has 1 aromatic carbocycles. The summed E-state index contributed by atoms with van der Waals surface area (Å²) in [5.74, 6) is 0.309. The van der Waals surface area contributed by atoms with Gasteiger partial charge in [-0.3, -0.25) is 0 Å². The topological polar surface area (TPSA) is 32.3 Å². The maximum absolute atomic E-state index is 10.9. The molecule has 0 amide bonds. The highest BCUT2D eigenvalue weighted by Crippen LogP contribution is 2.38. The van der Waals surface area contributed by atoms with Gasteiger partial charge in [-0.25, -0.2) is 0 Å². The van der Waals surface area contributed by atoms with Gasteiger partial charge in [0.1, 0.15) is 0 Å². The number of rotatable bonds is 3. The van der Waals surface area contributed by atoms with Crippen LogP contribution in [0.3, 0.4) is 0 Å².